The molecule has 0 radical (unpaired) electrons. The normalized spacial score (nSPS) is 16.1. The van der Waals surface area contributed by atoms with Crippen LogP contribution in [0.4, 0.5) is 13.2 Å². The van der Waals surface area contributed by atoms with Crippen LogP contribution in [0.2, 0.25) is 0 Å². The van der Waals surface area contributed by atoms with Gasteiger partial charge in [-0.2, -0.15) is 24.9 Å². The van der Waals surface area contributed by atoms with Gasteiger partial charge in [0.05, 0.1) is 5.56 Å². The second kappa shape index (κ2) is 7.45. The molecule has 0 aromatic heterocycles. The van der Waals surface area contributed by atoms with E-state index in [2.05, 4.69) is 16.8 Å². The molecule has 1 heterocycles. The number of hydrogen-bond donors (Lipinski definition) is 1. The number of nitrogens with two attached hydrogens (primary N) is 1. The zero-order chi connectivity index (χ0) is 16.0. The summed E-state index contributed by atoms with van der Waals surface area (Å²) < 4.78 is 37.3. The second-order valence-corrected chi connectivity index (χ2v) is 5.88. The lowest BCUT2D eigenvalue weighted by molar-refractivity contribution is -0.137. The summed E-state index contributed by atoms with van der Waals surface area (Å²) in [7, 11) is 0. The van der Waals surface area contributed by atoms with E-state index < -0.39 is 11.7 Å². The number of alkyl halides is 3. The third-order valence-electron chi connectivity index (χ3n) is 3.10. The first-order valence-electron chi connectivity index (χ1n) is 6.75. The van der Waals surface area contributed by atoms with Gasteiger partial charge in [0.25, 0.3) is 0 Å². The van der Waals surface area contributed by atoms with E-state index in [0.29, 0.717) is 11.5 Å². The minimum absolute atomic E-state index is 0.233. The molecule has 0 atom stereocenters. The van der Waals surface area contributed by atoms with E-state index in [4.69, 9.17) is 5.73 Å². The average molecular weight is 327 g/mol. The quantitative estimate of drug-likeness (QED) is 0.489. The molecule has 0 spiro atoms. The molecule has 118 valence electrons. The molecule has 2 rings (SSSR count). The third-order valence-corrected chi connectivity index (χ3v) is 4.04. The molecule has 3 nitrogen and oxygen atoms in total. The van der Waals surface area contributed by atoms with E-state index in [0.717, 1.165) is 36.7 Å². The number of halogens is 3. The Kier molecular flexibility index (Phi) is 5.61. The number of guanidine groups is 1. The average Bonchev–Trinajstić information content (AvgIpc) is 2.52. The first kappa shape index (κ1) is 16.6. The Hall–Kier alpha value is -1.81. The highest BCUT2D eigenvalue weighted by atomic mass is 32.2. The summed E-state index contributed by atoms with van der Waals surface area (Å²) >= 11 is 1.88. The fourth-order valence-electron chi connectivity index (χ4n) is 1.90. The van der Waals surface area contributed by atoms with E-state index in [-0.39, 0.29) is 6.54 Å². The van der Waals surface area contributed by atoms with Crippen LogP contribution < -0.4 is 5.73 Å². The van der Waals surface area contributed by atoms with Gasteiger partial charge in [0.15, 0.2) is 5.96 Å². The molecule has 0 unspecified atom stereocenters. The third kappa shape index (κ3) is 4.88. The summed E-state index contributed by atoms with van der Waals surface area (Å²) in [6.45, 7) is 2.00. The number of aliphatic imine (C=N–C) groups is 1. The molecule has 0 saturated carbocycles. The van der Waals surface area contributed by atoms with Crippen molar-refractivity contribution in [2.75, 3.05) is 31.1 Å². The summed E-state index contributed by atoms with van der Waals surface area (Å²) in [6.07, 6.45) is -4.32. The van der Waals surface area contributed by atoms with Crippen LogP contribution in [0.3, 0.4) is 0 Å². The van der Waals surface area contributed by atoms with Crippen LogP contribution in [0.5, 0.6) is 0 Å². The van der Waals surface area contributed by atoms with Crippen LogP contribution in [0.15, 0.2) is 29.3 Å². The molecule has 1 fully saturated rings. The van der Waals surface area contributed by atoms with Crippen LogP contribution in [0.25, 0.3) is 0 Å². The molecule has 0 aliphatic carbocycles. The van der Waals surface area contributed by atoms with Gasteiger partial charge < -0.3 is 10.6 Å². The number of nitrogens with zero attached hydrogens (tertiary/aromatic N) is 2. The Labute approximate surface area is 131 Å². The van der Waals surface area contributed by atoms with E-state index in [9.17, 15) is 13.2 Å². The number of benzene rings is 1. The number of rotatable bonds is 1. The van der Waals surface area contributed by atoms with Gasteiger partial charge in [-0.05, 0) is 24.3 Å². The van der Waals surface area contributed by atoms with Crippen molar-refractivity contribution in [3.8, 4) is 11.8 Å². The first-order chi connectivity index (χ1) is 10.5. The van der Waals surface area contributed by atoms with Crippen molar-refractivity contribution in [2.24, 2.45) is 10.7 Å². The van der Waals surface area contributed by atoms with Crippen LogP contribution in [0, 0.1) is 11.8 Å². The topological polar surface area (TPSA) is 41.6 Å². The van der Waals surface area contributed by atoms with Crippen LogP contribution >= 0.6 is 11.8 Å². The van der Waals surface area contributed by atoms with Crippen LogP contribution in [0.1, 0.15) is 11.1 Å². The maximum Gasteiger partial charge on any atom is 0.416 e. The van der Waals surface area contributed by atoms with E-state index in [1.165, 1.54) is 12.1 Å². The van der Waals surface area contributed by atoms with Crippen LogP contribution in [-0.4, -0.2) is 42.0 Å². The van der Waals surface area contributed by atoms with Crippen LogP contribution in [-0.2, 0) is 6.18 Å². The van der Waals surface area contributed by atoms with Crippen molar-refractivity contribution in [1.82, 2.24) is 4.90 Å². The predicted octanol–water partition coefficient (Wildman–Crippen LogP) is 2.42. The zero-order valence-corrected chi connectivity index (χ0v) is 12.7. The standard InChI is InChI=1S/C15H16F3N3S/c16-15(17,18)13-5-3-12(4-6-13)2-1-7-20-14(19)21-8-10-22-11-9-21/h3-6H,7-11H2,(H2,19,20). The Bertz CT molecular complexity index is 579. The summed E-state index contributed by atoms with van der Waals surface area (Å²) in [5.41, 5.74) is 5.72. The number of hydrogen-bond acceptors (Lipinski definition) is 2. The highest BCUT2D eigenvalue weighted by Gasteiger charge is 2.29. The maximum atomic E-state index is 12.4. The summed E-state index contributed by atoms with van der Waals surface area (Å²) in [5, 5.41) is 0. The van der Waals surface area contributed by atoms with Gasteiger partial charge in [-0.3, -0.25) is 0 Å². The molecular weight excluding hydrogens is 311 g/mol. The Morgan fingerprint density at radius 2 is 1.86 bits per heavy atom. The molecule has 0 bridgehead atoms. The van der Waals surface area contributed by atoms with E-state index in [1.807, 2.05) is 16.7 Å². The summed E-state index contributed by atoms with van der Waals surface area (Å²) in [4.78, 5) is 6.19. The van der Waals surface area contributed by atoms with Crippen molar-refractivity contribution in [1.29, 1.82) is 0 Å². The zero-order valence-electron chi connectivity index (χ0n) is 11.9. The molecule has 1 saturated heterocycles. The molecule has 22 heavy (non-hydrogen) atoms. The summed E-state index contributed by atoms with van der Waals surface area (Å²) in [6, 6.07) is 4.75. The van der Waals surface area contributed by atoms with Crippen molar-refractivity contribution in [2.45, 2.75) is 6.18 Å². The predicted molar refractivity (Wildman–Crippen MR) is 83.7 cm³/mol. The Morgan fingerprint density at radius 3 is 2.45 bits per heavy atom. The lowest BCUT2D eigenvalue weighted by Crippen LogP contribution is -2.42. The molecular formula is C15H16F3N3S. The van der Waals surface area contributed by atoms with Gasteiger partial charge in [0, 0.05) is 30.2 Å². The molecule has 1 aliphatic heterocycles. The molecule has 2 N–H and O–H groups in total. The van der Waals surface area contributed by atoms with Crippen molar-refractivity contribution >= 4 is 17.7 Å². The Morgan fingerprint density at radius 1 is 1.23 bits per heavy atom. The van der Waals surface area contributed by atoms with E-state index in [1.54, 1.807) is 0 Å². The first-order valence-corrected chi connectivity index (χ1v) is 7.91. The number of thioether (sulfide) groups is 1. The van der Waals surface area contributed by atoms with Gasteiger partial charge in [-0.1, -0.05) is 11.8 Å². The minimum atomic E-state index is -4.32. The largest absolute Gasteiger partial charge is 0.416 e. The molecule has 0 amide bonds. The van der Waals surface area contributed by atoms with Crippen molar-refractivity contribution < 1.29 is 13.2 Å². The fourth-order valence-corrected chi connectivity index (χ4v) is 2.80. The second-order valence-electron chi connectivity index (χ2n) is 4.65. The Balaban J connectivity index is 1.90. The van der Waals surface area contributed by atoms with Crippen molar-refractivity contribution in [3.63, 3.8) is 0 Å². The molecule has 1 aromatic carbocycles. The monoisotopic (exact) mass is 327 g/mol. The lowest BCUT2D eigenvalue weighted by Gasteiger charge is -2.26. The van der Waals surface area contributed by atoms with Gasteiger partial charge in [0.2, 0.25) is 0 Å². The van der Waals surface area contributed by atoms with Gasteiger partial charge in [0.1, 0.15) is 6.54 Å². The smallest absolute Gasteiger partial charge is 0.370 e. The summed E-state index contributed by atoms with van der Waals surface area (Å²) in [5.74, 6) is 8.12. The van der Waals surface area contributed by atoms with Gasteiger partial charge in [-0.15, -0.1) is 0 Å². The molecule has 1 aliphatic rings. The maximum absolute atomic E-state index is 12.4. The highest BCUT2D eigenvalue weighted by molar-refractivity contribution is 7.99. The van der Waals surface area contributed by atoms with Crippen molar-refractivity contribution in [3.05, 3.63) is 35.4 Å². The van der Waals surface area contributed by atoms with E-state index >= 15 is 0 Å². The SMILES string of the molecule is NC(=NCC#Cc1ccc(C(F)(F)F)cc1)N1CCSCC1. The minimum Gasteiger partial charge on any atom is -0.370 e. The van der Waals surface area contributed by atoms with Gasteiger partial charge >= 0.3 is 6.18 Å². The van der Waals surface area contributed by atoms with Gasteiger partial charge in [-0.25, -0.2) is 4.99 Å². The molecule has 7 heteroatoms. The highest BCUT2D eigenvalue weighted by Crippen LogP contribution is 2.28. The molecule has 1 aromatic rings. The fraction of sp³-hybridized carbons (Fsp3) is 0.400. The lowest BCUT2D eigenvalue weighted by atomic mass is 10.1.